The minimum atomic E-state index is -4.49. The largest absolute Gasteiger partial charge is 0.462 e. The first-order chi connectivity index (χ1) is 15.7. The Balaban J connectivity index is 1.75. The number of carbonyl (C=O) groups excluding carboxylic acids is 2. The average Bonchev–Trinajstić information content (AvgIpc) is 3.26. The fraction of sp³-hybridized carbons (Fsp3) is 0.125. The maximum Gasteiger partial charge on any atom is 0.416 e. The van der Waals surface area contributed by atoms with Crippen LogP contribution < -0.4 is 5.32 Å². The molecule has 0 radical (unpaired) electrons. The number of esters is 1. The number of alkyl halides is 3. The molecule has 0 saturated carbocycles. The van der Waals surface area contributed by atoms with Crippen LogP contribution in [0.4, 0.5) is 18.9 Å². The molecule has 2 aromatic carbocycles. The first-order valence-electron chi connectivity index (χ1n) is 9.69. The Hall–Kier alpha value is -4.32. The van der Waals surface area contributed by atoms with Crippen molar-refractivity contribution in [1.29, 1.82) is 5.26 Å². The monoisotopic (exact) mass is 454 g/mol. The molecule has 1 amide bonds. The van der Waals surface area contributed by atoms with Crippen molar-refractivity contribution in [3.05, 3.63) is 83.1 Å². The zero-order valence-electron chi connectivity index (χ0n) is 17.3. The highest BCUT2D eigenvalue weighted by Gasteiger charge is 2.30. The number of furan rings is 1. The van der Waals surface area contributed by atoms with Gasteiger partial charge in [0.2, 0.25) is 0 Å². The molecule has 3 aromatic rings. The molecule has 0 aliphatic rings. The van der Waals surface area contributed by atoms with Gasteiger partial charge in [-0.3, -0.25) is 4.79 Å². The van der Waals surface area contributed by atoms with Crippen molar-refractivity contribution in [3.63, 3.8) is 0 Å². The molecule has 0 fully saturated rings. The lowest BCUT2D eigenvalue weighted by atomic mass is 10.1. The molecule has 1 heterocycles. The fourth-order valence-corrected chi connectivity index (χ4v) is 2.83. The molecule has 33 heavy (non-hydrogen) atoms. The normalized spacial score (nSPS) is 11.5. The predicted octanol–water partition coefficient (Wildman–Crippen LogP) is 5.69. The molecule has 1 N–H and O–H groups in total. The van der Waals surface area contributed by atoms with Crippen molar-refractivity contribution in [1.82, 2.24) is 0 Å². The summed E-state index contributed by atoms with van der Waals surface area (Å²) in [5.74, 6) is -0.952. The number of hydrogen-bond acceptors (Lipinski definition) is 5. The second-order valence-electron chi connectivity index (χ2n) is 6.70. The first kappa shape index (κ1) is 23.3. The number of anilines is 1. The van der Waals surface area contributed by atoms with Gasteiger partial charge in [-0.2, -0.15) is 18.4 Å². The van der Waals surface area contributed by atoms with Crippen molar-refractivity contribution < 1.29 is 31.9 Å². The van der Waals surface area contributed by atoms with E-state index in [4.69, 9.17) is 9.15 Å². The van der Waals surface area contributed by atoms with Crippen LogP contribution in [-0.2, 0) is 15.7 Å². The van der Waals surface area contributed by atoms with Crippen molar-refractivity contribution in [3.8, 4) is 17.4 Å². The number of halogens is 3. The lowest BCUT2D eigenvalue weighted by Crippen LogP contribution is -2.13. The summed E-state index contributed by atoms with van der Waals surface area (Å²) in [6.07, 6.45) is -3.31. The van der Waals surface area contributed by atoms with Crippen molar-refractivity contribution >= 4 is 23.6 Å². The molecule has 0 aliphatic carbocycles. The SMILES string of the molecule is CCOC(=O)c1ccc(NC(=O)/C(C#N)=C/c2ccc(-c3cccc(C(F)(F)F)c3)o2)cc1. The lowest BCUT2D eigenvalue weighted by Gasteiger charge is -2.07. The van der Waals surface area contributed by atoms with Gasteiger partial charge in [0.05, 0.1) is 17.7 Å². The summed E-state index contributed by atoms with van der Waals surface area (Å²) in [6, 6.07) is 15.2. The van der Waals surface area contributed by atoms with Gasteiger partial charge in [0.25, 0.3) is 5.91 Å². The standard InChI is InChI=1S/C24H17F3N2O4/c1-2-32-23(31)15-6-8-19(9-7-15)29-22(30)17(14-28)13-20-10-11-21(33-20)16-4-3-5-18(12-16)24(25,26)27/h3-13H,2H2,1H3,(H,29,30)/b17-13+. The number of nitrogens with one attached hydrogen (secondary N) is 1. The van der Waals surface area contributed by atoms with Crippen LogP contribution in [0.5, 0.6) is 0 Å². The van der Waals surface area contributed by atoms with Crippen LogP contribution in [0.1, 0.15) is 28.6 Å². The van der Waals surface area contributed by atoms with Gasteiger partial charge in [-0.15, -0.1) is 0 Å². The molecule has 9 heteroatoms. The minimum Gasteiger partial charge on any atom is -0.462 e. The van der Waals surface area contributed by atoms with E-state index in [9.17, 15) is 28.0 Å². The lowest BCUT2D eigenvalue weighted by molar-refractivity contribution is -0.137. The van der Waals surface area contributed by atoms with Gasteiger partial charge in [-0.05, 0) is 55.5 Å². The van der Waals surface area contributed by atoms with E-state index < -0.39 is 23.6 Å². The second kappa shape index (κ2) is 9.87. The van der Waals surface area contributed by atoms with Gasteiger partial charge < -0.3 is 14.5 Å². The Kier molecular flexibility index (Phi) is 6.98. The smallest absolute Gasteiger partial charge is 0.416 e. The molecule has 0 aliphatic heterocycles. The highest BCUT2D eigenvalue weighted by atomic mass is 19.4. The van der Waals surface area contributed by atoms with Crippen molar-refractivity contribution in [2.24, 2.45) is 0 Å². The van der Waals surface area contributed by atoms with E-state index in [1.807, 2.05) is 0 Å². The molecular formula is C24H17F3N2O4. The molecule has 0 atom stereocenters. The van der Waals surface area contributed by atoms with E-state index in [0.717, 1.165) is 12.1 Å². The van der Waals surface area contributed by atoms with E-state index in [1.54, 1.807) is 13.0 Å². The van der Waals surface area contributed by atoms with Gasteiger partial charge in [0.1, 0.15) is 23.2 Å². The molecule has 1 aromatic heterocycles. The van der Waals surface area contributed by atoms with Gasteiger partial charge in [0, 0.05) is 17.3 Å². The number of ether oxygens (including phenoxy) is 1. The summed E-state index contributed by atoms with van der Waals surface area (Å²) < 4.78 is 49.2. The van der Waals surface area contributed by atoms with Gasteiger partial charge in [0.15, 0.2) is 0 Å². The summed E-state index contributed by atoms with van der Waals surface area (Å²) in [4.78, 5) is 24.1. The van der Waals surface area contributed by atoms with Crippen LogP contribution >= 0.6 is 0 Å². The molecule has 168 valence electrons. The summed E-state index contributed by atoms with van der Waals surface area (Å²) in [6.45, 7) is 1.92. The van der Waals surface area contributed by atoms with Crippen LogP contribution in [0.15, 0.2) is 70.7 Å². The third kappa shape index (κ3) is 5.89. The highest BCUT2D eigenvalue weighted by molar-refractivity contribution is 6.09. The van der Waals surface area contributed by atoms with Crippen molar-refractivity contribution in [2.45, 2.75) is 13.1 Å². The molecule has 0 bridgehead atoms. The topological polar surface area (TPSA) is 92.3 Å². The van der Waals surface area contributed by atoms with Crippen LogP contribution in [0.2, 0.25) is 0 Å². The molecule has 3 rings (SSSR count). The fourth-order valence-electron chi connectivity index (χ4n) is 2.83. The van der Waals surface area contributed by atoms with Gasteiger partial charge in [-0.1, -0.05) is 12.1 Å². The number of amides is 1. The average molecular weight is 454 g/mol. The molecule has 0 spiro atoms. The number of carbonyl (C=O) groups is 2. The number of nitrogens with zero attached hydrogens (tertiary/aromatic N) is 1. The van der Waals surface area contributed by atoms with Crippen molar-refractivity contribution in [2.75, 3.05) is 11.9 Å². The van der Waals surface area contributed by atoms with E-state index >= 15 is 0 Å². The van der Waals surface area contributed by atoms with E-state index in [2.05, 4.69) is 5.32 Å². The van der Waals surface area contributed by atoms with Gasteiger partial charge >= 0.3 is 12.1 Å². The summed E-state index contributed by atoms with van der Waals surface area (Å²) in [7, 11) is 0. The van der Waals surface area contributed by atoms with Crippen LogP contribution in [0, 0.1) is 11.3 Å². The third-order valence-electron chi connectivity index (χ3n) is 4.41. The molecule has 6 nitrogen and oxygen atoms in total. The first-order valence-corrected chi connectivity index (χ1v) is 9.69. The predicted molar refractivity (Wildman–Crippen MR) is 114 cm³/mol. The Labute approximate surface area is 186 Å². The third-order valence-corrected chi connectivity index (χ3v) is 4.41. The van der Waals surface area contributed by atoms with E-state index in [-0.39, 0.29) is 29.3 Å². The van der Waals surface area contributed by atoms with Crippen LogP contribution in [-0.4, -0.2) is 18.5 Å². The van der Waals surface area contributed by atoms with Crippen LogP contribution in [0.3, 0.4) is 0 Å². The molecular weight excluding hydrogens is 437 g/mol. The summed E-state index contributed by atoms with van der Waals surface area (Å²) in [5.41, 5.74) is -0.245. The quantitative estimate of drug-likeness (QED) is 0.294. The Morgan fingerprint density at radius 2 is 1.85 bits per heavy atom. The molecule has 0 unspecified atom stereocenters. The highest BCUT2D eigenvalue weighted by Crippen LogP contribution is 2.32. The zero-order chi connectivity index (χ0) is 24.0. The van der Waals surface area contributed by atoms with Crippen LogP contribution in [0.25, 0.3) is 17.4 Å². The maximum absolute atomic E-state index is 12.9. The zero-order valence-corrected chi connectivity index (χ0v) is 17.3. The van der Waals surface area contributed by atoms with E-state index in [1.165, 1.54) is 54.6 Å². The Morgan fingerprint density at radius 1 is 1.12 bits per heavy atom. The summed E-state index contributed by atoms with van der Waals surface area (Å²) >= 11 is 0. The number of nitriles is 1. The number of hydrogen-bond donors (Lipinski definition) is 1. The second-order valence-corrected chi connectivity index (χ2v) is 6.70. The number of benzene rings is 2. The Bertz CT molecular complexity index is 1240. The van der Waals surface area contributed by atoms with Gasteiger partial charge in [-0.25, -0.2) is 4.79 Å². The minimum absolute atomic E-state index is 0.117. The van der Waals surface area contributed by atoms with E-state index in [0.29, 0.717) is 11.3 Å². The summed E-state index contributed by atoms with van der Waals surface area (Å²) in [5, 5.41) is 11.9. The maximum atomic E-state index is 12.9. The molecule has 0 saturated heterocycles. The number of rotatable bonds is 6. The Morgan fingerprint density at radius 3 is 2.48 bits per heavy atom.